The van der Waals surface area contributed by atoms with Crippen LogP contribution >= 0.6 is 0 Å². The third-order valence-corrected chi connectivity index (χ3v) is 2.43. The Kier molecular flexibility index (Phi) is 3.55. The molecule has 2 N–H and O–H groups in total. The lowest BCUT2D eigenvalue weighted by molar-refractivity contribution is 0.228. The molecule has 2 atom stereocenters. The summed E-state index contributed by atoms with van der Waals surface area (Å²) in [4.78, 5) is 0. The van der Waals surface area contributed by atoms with Gasteiger partial charge in [-0.3, -0.25) is 0 Å². The summed E-state index contributed by atoms with van der Waals surface area (Å²) in [6, 6.07) is 5.61. The van der Waals surface area contributed by atoms with Crippen LogP contribution in [-0.2, 0) is 0 Å². The van der Waals surface area contributed by atoms with E-state index in [1.807, 2.05) is 25.1 Å². The highest BCUT2D eigenvalue weighted by Crippen LogP contribution is 2.31. The summed E-state index contributed by atoms with van der Waals surface area (Å²) in [6.07, 6.45) is 0. The van der Waals surface area contributed by atoms with Gasteiger partial charge in [-0.15, -0.1) is 0 Å². The van der Waals surface area contributed by atoms with E-state index in [2.05, 4.69) is 18.8 Å². The van der Waals surface area contributed by atoms with Gasteiger partial charge < -0.3 is 15.2 Å². The van der Waals surface area contributed by atoms with Crippen LogP contribution in [0.1, 0.15) is 19.4 Å². The van der Waals surface area contributed by atoms with Crippen LogP contribution in [0.4, 0.5) is 0 Å². The topological polar surface area (TPSA) is 44.5 Å². The van der Waals surface area contributed by atoms with Gasteiger partial charge in [0.25, 0.3) is 0 Å². The molecule has 90 valence electrons. The normalized spacial score (nSPS) is 19.8. The molecule has 0 radical (unpaired) electrons. The Hall–Kier alpha value is -1.66. The second-order valence-corrected chi connectivity index (χ2v) is 4.45. The quantitative estimate of drug-likeness (QED) is 0.692. The minimum atomic E-state index is -0.119. The van der Waals surface area contributed by atoms with E-state index >= 15 is 0 Å². The zero-order chi connectivity index (χ0) is 12.3. The molecule has 3 nitrogen and oxygen atoms in total. The van der Waals surface area contributed by atoms with Gasteiger partial charge in [-0.25, -0.2) is 0 Å². The van der Waals surface area contributed by atoms with Gasteiger partial charge in [0, 0.05) is 11.5 Å². The molecule has 3 heteroatoms. The summed E-state index contributed by atoms with van der Waals surface area (Å²) >= 11 is 0. The molecule has 0 amide bonds. The predicted octanol–water partition coefficient (Wildman–Crippen LogP) is 1.79. The second-order valence-electron chi connectivity index (χ2n) is 4.45. The summed E-state index contributed by atoms with van der Waals surface area (Å²) in [5, 5.41) is 0. The lowest BCUT2D eigenvalue weighted by Gasteiger charge is -2.06. The van der Waals surface area contributed by atoms with E-state index in [9.17, 15) is 0 Å². The van der Waals surface area contributed by atoms with Crippen LogP contribution in [0.5, 0.6) is 11.5 Å². The fourth-order valence-electron chi connectivity index (χ4n) is 1.53. The number of hydrogen-bond donors (Lipinski definition) is 1. The summed E-state index contributed by atoms with van der Waals surface area (Å²) in [7, 11) is 0. The van der Waals surface area contributed by atoms with Crippen LogP contribution in [0, 0.1) is 17.8 Å². The Bertz CT molecular complexity index is 457. The van der Waals surface area contributed by atoms with E-state index < -0.39 is 0 Å². The first-order chi connectivity index (χ1) is 8.15. The Balaban J connectivity index is 2.23. The van der Waals surface area contributed by atoms with E-state index in [0.717, 1.165) is 17.1 Å². The number of nitrogens with two attached hydrogens (primary N) is 1. The summed E-state index contributed by atoms with van der Waals surface area (Å²) in [6.45, 7) is 5.33. The van der Waals surface area contributed by atoms with Gasteiger partial charge in [0.1, 0.15) is 0 Å². The third kappa shape index (κ3) is 3.15. The Morgan fingerprint density at radius 3 is 2.71 bits per heavy atom. The van der Waals surface area contributed by atoms with Crippen molar-refractivity contribution in [2.75, 3.05) is 13.2 Å². The molecular weight excluding hydrogens is 214 g/mol. The SMILES string of the molecule is CC(N)C#Cc1ccc2c(c1)OCC(C)CO2. The second kappa shape index (κ2) is 5.11. The average molecular weight is 231 g/mol. The number of ether oxygens (including phenoxy) is 2. The molecule has 2 unspecified atom stereocenters. The number of benzene rings is 1. The molecule has 2 rings (SSSR count). The molecule has 17 heavy (non-hydrogen) atoms. The fraction of sp³-hybridized carbons (Fsp3) is 0.429. The first-order valence-electron chi connectivity index (χ1n) is 5.82. The fourth-order valence-corrected chi connectivity index (χ4v) is 1.53. The van der Waals surface area contributed by atoms with E-state index in [-0.39, 0.29) is 6.04 Å². The number of hydrogen-bond acceptors (Lipinski definition) is 3. The van der Waals surface area contributed by atoms with Crippen molar-refractivity contribution in [1.29, 1.82) is 0 Å². The van der Waals surface area contributed by atoms with Crippen molar-refractivity contribution in [1.82, 2.24) is 0 Å². The molecule has 0 saturated carbocycles. The van der Waals surface area contributed by atoms with E-state index in [0.29, 0.717) is 19.1 Å². The van der Waals surface area contributed by atoms with Crippen LogP contribution in [0.25, 0.3) is 0 Å². The summed E-state index contributed by atoms with van der Waals surface area (Å²) in [5.41, 5.74) is 6.49. The molecule has 1 aliphatic rings. The smallest absolute Gasteiger partial charge is 0.162 e. The van der Waals surface area contributed by atoms with Crippen LogP contribution in [-0.4, -0.2) is 19.3 Å². The van der Waals surface area contributed by atoms with E-state index in [1.165, 1.54) is 0 Å². The first kappa shape index (κ1) is 11.8. The third-order valence-electron chi connectivity index (χ3n) is 2.43. The Morgan fingerprint density at radius 1 is 1.29 bits per heavy atom. The van der Waals surface area contributed by atoms with Crippen molar-refractivity contribution >= 4 is 0 Å². The van der Waals surface area contributed by atoms with Crippen molar-refractivity contribution < 1.29 is 9.47 Å². The van der Waals surface area contributed by atoms with Crippen molar-refractivity contribution in [3.63, 3.8) is 0 Å². The maximum Gasteiger partial charge on any atom is 0.162 e. The van der Waals surface area contributed by atoms with Crippen molar-refractivity contribution in [3.05, 3.63) is 23.8 Å². The average Bonchev–Trinajstić information content (AvgIpc) is 2.49. The van der Waals surface area contributed by atoms with Gasteiger partial charge in [0.2, 0.25) is 0 Å². The molecule has 1 aliphatic heterocycles. The minimum Gasteiger partial charge on any atom is -0.489 e. The van der Waals surface area contributed by atoms with Crippen LogP contribution in [0.3, 0.4) is 0 Å². The largest absolute Gasteiger partial charge is 0.489 e. The van der Waals surface area contributed by atoms with Gasteiger partial charge >= 0.3 is 0 Å². The van der Waals surface area contributed by atoms with Gasteiger partial charge in [-0.05, 0) is 25.1 Å². The highest BCUT2D eigenvalue weighted by molar-refractivity contribution is 5.48. The van der Waals surface area contributed by atoms with Crippen LogP contribution < -0.4 is 15.2 Å². The van der Waals surface area contributed by atoms with Crippen molar-refractivity contribution in [3.8, 4) is 23.3 Å². The highest BCUT2D eigenvalue weighted by atomic mass is 16.5. The molecular formula is C14H17NO2. The van der Waals surface area contributed by atoms with Gasteiger partial charge in [0.05, 0.1) is 19.3 Å². The standard InChI is InChI=1S/C14H17NO2/c1-10-8-16-13-6-5-12(4-3-11(2)15)7-14(13)17-9-10/h5-7,10-11H,8-9,15H2,1-2H3. The lowest BCUT2D eigenvalue weighted by Crippen LogP contribution is -2.12. The molecule has 0 saturated heterocycles. The van der Waals surface area contributed by atoms with Crippen molar-refractivity contribution in [2.24, 2.45) is 11.7 Å². The Morgan fingerprint density at radius 2 is 2.00 bits per heavy atom. The molecule has 1 aromatic carbocycles. The molecule has 0 aromatic heterocycles. The van der Waals surface area contributed by atoms with Gasteiger partial charge in [-0.1, -0.05) is 18.8 Å². The number of fused-ring (bicyclic) bond motifs is 1. The maximum atomic E-state index is 5.68. The van der Waals surface area contributed by atoms with Gasteiger partial charge in [0.15, 0.2) is 11.5 Å². The molecule has 0 aliphatic carbocycles. The highest BCUT2D eigenvalue weighted by Gasteiger charge is 2.14. The van der Waals surface area contributed by atoms with Crippen LogP contribution in [0.2, 0.25) is 0 Å². The minimum absolute atomic E-state index is 0.119. The van der Waals surface area contributed by atoms with Crippen molar-refractivity contribution in [2.45, 2.75) is 19.9 Å². The molecule has 0 bridgehead atoms. The summed E-state index contributed by atoms with van der Waals surface area (Å²) in [5.74, 6) is 7.90. The molecule has 0 fully saturated rings. The zero-order valence-electron chi connectivity index (χ0n) is 10.2. The zero-order valence-corrected chi connectivity index (χ0v) is 10.2. The maximum absolute atomic E-state index is 5.68. The predicted molar refractivity (Wildman–Crippen MR) is 67.1 cm³/mol. The molecule has 0 spiro atoms. The Labute approximate surface area is 102 Å². The number of rotatable bonds is 0. The first-order valence-corrected chi connectivity index (χ1v) is 5.82. The van der Waals surface area contributed by atoms with Gasteiger partial charge in [-0.2, -0.15) is 0 Å². The monoisotopic (exact) mass is 231 g/mol. The molecule has 1 heterocycles. The summed E-state index contributed by atoms with van der Waals surface area (Å²) < 4.78 is 11.3. The molecule has 1 aromatic rings. The lowest BCUT2D eigenvalue weighted by atomic mass is 10.2. The van der Waals surface area contributed by atoms with E-state index in [1.54, 1.807) is 0 Å². The van der Waals surface area contributed by atoms with E-state index in [4.69, 9.17) is 15.2 Å². The van der Waals surface area contributed by atoms with Crippen LogP contribution in [0.15, 0.2) is 18.2 Å².